The summed E-state index contributed by atoms with van der Waals surface area (Å²) in [5, 5.41) is -0.715. The summed E-state index contributed by atoms with van der Waals surface area (Å²) in [6.45, 7) is 2.44. The Kier molecular flexibility index (Phi) is 3.53. The second-order valence-corrected chi connectivity index (χ2v) is 9.42. The summed E-state index contributed by atoms with van der Waals surface area (Å²) in [5.41, 5.74) is 0. The first-order valence-electron chi connectivity index (χ1n) is 6.04. The maximum atomic E-state index is 12.3. The second-order valence-electron chi connectivity index (χ2n) is 5.03. The van der Waals surface area contributed by atoms with Crippen molar-refractivity contribution >= 4 is 19.9 Å². The Morgan fingerprint density at radius 1 is 1.18 bits per heavy atom. The van der Waals surface area contributed by atoms with Crippen LogP contribution in [-0.4, -0.2) is 50.5 Å². The summed E-state index contributed by atoms with van der Waals surface area (Å²) >= 11 is 0. The first-order valence-corrected chi connectivity index (χ1v) is 9.36. The van der Waals surface area contributed by atoms with Gasteiger partial charge >= 0.3 is 0 Å². The van der Waals surface area contributed by atoms with Crippen molar-refractivity contribution in [1.82, 2.24) is 4.31 Å². The molecule has 2 atom stereocenters. The number of sulfone groups is 1. The molecule has 7 heteroatoms. The SMILES string of the molecule is C[C@H]1CCCCN1S(=O)(=O)[C@@H]1CCS(=O)(=O)C1. The summed E-state index contributed by atoms with van der Waals surface area (Å²) in [4.78, 5) is 0. The molecule has 0 aromatic carbocycles. The maximum Gasteiger partial charge on any atom is 0.218 e. The van der Waals surface area contributed by atoms with Gasteiger partial charge in [0.2, 0.25) is 10.0 Å². The fraction of sp³-hybridized carbons (Fsp3) is 1.00. The zero-order valence-electron chi connectivity index (χ0n) is 10.0. The number of nitrogens with zero attached hydrogens (tertiary/aromatic N) is 1. The van der Waals surface area contributed by atoms with Crippen molar-refractivity contribution in [2.75, 3.05) is 18.1 Å². The average molecular weight is 281 g/mol. The van der Waals surface area contributed by atoms with E-state index >= 15 is 0 Å². The van der Waals surface area contributed by atoms with Crippen LogP contribution in [0.15, 0.2) is 0 Å². The van der Waals surface area contributed by atoms with Gasteiger partial charge in [-0.2, -0.15) is 4.31 Å². The Balaban J connectivity index is 2.19. The van der Waals surface area contributed by atoms with Crippen LogP contribution in [0.1, 0.15) is 32.6 Å². The molecule has 0 N–H and O–H groups in total. The molecule has 2 fully saturated rings. The highest BCUT2D eigenvalue weighted by molar-refractivity contribution is 7.95. The molecule has 0 bridgehead atoms. The Morgan fingerprint density at radius 2 is 1.88 bits per heavy atom. The number of rotatable bonds is 2. The fourth-order valence-electron chi connectivity index (χ4n) is 2.64. The van der Waals surface area contributed by atoms with Crippen LogP contribution < -0.4 is 0 Å². The summed E-state index contributed by atoms with van der Waals surface area (Å²) in [6.07, 6.45) is 3.06. The van der Waals surface area contributed by atoms with Gasteiger partial charge in [0.25, 0.3) is 0 Å². The van der Waals surface area contributed by atoms with Crippen LogP contribution >= 0.6 is 0 Å². The van der Waals surface area contributed by atoms with E-state index in [4.69, 9.17) is 0 Å². The molecule has 0 radical (unpaired) electrons. The van der Waals surface area contributed by atoms with E-state index in [-0.39, 0.29) is 24.0 Å². The molecule has 100 valence electrons. The quantitative estimate of drug-likeness (QED) is 0.733. The molecule has 0 unspecified atom stereocenters. The van der Waals surface area contributed by atoms with Crippen LogP contribution in [0.5, 0.6) is 0 Å². The molecule has 2 saturated heterocycles. The highest BCUT2D eigenvalue weighted by Crippen LogP contribution is 2.27. The normalized spacial score (nSPS) is 34.9. The first-order chi connectivity index (χ1) is 7.83. The van der Waals surface area contributed by atoms with Gasteiger partial charge in [0.1, 0.15) is 0 Å². The lowest BCUT2D eigenvalue weighted by atomic mass is 10.1. The second kappa shape index (κ2) is 4.51. The molecule has 0 amide bonds. The van der Waals surface area contributed by atoms with Crippen LogP contribution in [0, 0.1) is 0 Å². The van der Waals surface area contributed by atoms with E-state index in [1.54, 1.807) is 0 Å². The van der Waals surface area contributed by atoms with Gasteiger partial charge in [-0.15, -0.1) is 0 Å². The largest absolute Gasteiger partial charge is 0.229 e. The van der Waals surface area contributed by atoms with E-state index in [0.717, 1.165) is 19.3 Å². The van der Waals surface area contributed by atoms with Gasteiger partial charge in [-0.05, 0) is 26.2 Å². The molecule has 0 aliphatic carbocycles. The Labute approximate surface area is 103 Å². The molecule has 0 aromatic heterocycles. The number of hydrogen-bond donors (Lipinski definition) is 0. The van der Waals surface area contributed by atoms with E-state index < -0.39 is 25.1 Å². The fourth-order valence-corrected chi connectivity index (χ4v) is 7.43. The van der Waals surface area contributed by atoms with Crippen LogP contribution in [0.3, 0.4) is 0 Å². The van der Waals surface area contributed by atoms with Crippen molar-refractivity contribution in [2.45, 2.75) is 43.9 Å². The predicted octanol–water partition coefficient (Wildman–Crippen LogP) is 0.378. The Hall–Kier alpha value is -0.140. The number of hydrogen-bond acceptors (Lipinski definition) is 4. The molecule has 17 heavy (non-hydrogen) atoms. The van der Waals surface area contributed by atoms with Crippen LogP contribution in [-0.2, 0) is 19.9 Å². The highest BCUT2D eigenvalue weighted by atomic mass is 32.2. The van der Waals surface area contributed by atoms with Gasteiger partial charge in [0.05, 0.1) is 16.8 Å². The minimum absolute atomic E-state index is 0.0112. The standard InChI is InChI=1S/C10H19NO4S2/c1-9-4-2-3-6-11(9)17(14,15)10-5-7-16(12,13)8-10/h9-10H,2-8H2,1H3/t9-,10+/m0/s1. The van der Waals surface area contributed by atoms with E-state index in [1.807, 2.05) is 6.92 Å². The Morgan fingerprint density at radius 3 is 2.41 bits per heavy atom. The molecular weight excluding hydrogens is 262 g/mol. The minimum Gasteiger partial charge on any atom is -0.229 e. The van der Waals surface area contributed by atoms with Crippen molar-refractivity contribution in [3.8, 4) is 0 Å². The molecular formula is C10H19NO4S2. The zero-order chi connectivity index (χ0) is 12.7. The highest BCUT2D eigenvalue weighted by Gasteiger charge is 2.42. The van der Waals surface area contributed by atoms with Gasteiger partial charge in [-0.1, -0.05) is 6.42 Å². The third kappa shape index (κ3) is 2.66. The summed E-state index contributed by atoms with van der Waals surface area (Å²) in [7, 11) is -6.57. The van der Waals surface area contributed by atoms with Gasteiger partial charge in [0.15, 0.2) is 9.84 Å². The van der Waals surface area contributed by atoms with E-state index in [2.05, 4.69) is 0 Å². The minimum atomic E-state index is -3.43. The molecule has 2 aliphatic rings. The Bertz CT molecular complexity index is 482. The summed E-state index contributed by atoms with van der Waals surface area (Å²) < 4.78 is 48.9. The zero-order valence-corrected chi connectivity index (χ0v) is 11.6. The van der Waals surface area contributed by atoms with Crippen molar-refractivity contribution in [3.63, 3.8) is 0 Å². The van der Waals surface area contributed by atoms with Crippen molar-refractivity contribution in [1.29, 1.82) is 0 Å². The molecule has 2 rings (SSSR count). The lowest BCUT2D eigenvalue weighted by Crippen LogP contribution is -2.46. The van der Waals surface area contributed by atoms with Crippen molar-refractivity contribution in [3.05, 3.63) is 0 Å². The molecule has 5 nitrogen and oxygen atoms in total. The lowest BCUT2D eigenvalue weighted by Gasteiger charge is -2.34. The van der Waals surface area contributed by atoms with Gasteiger partial charge in [0, 0.05) is 12.6 Å². The van der Waals surface area contributed by atoms with E-state index in [1.165, 1.54) is 4.31 Å². The number of piperidine rings is 1. The predicted molar refractivity (Wildman–Crippen MR) is 66.0 cm³/mol. The third-order valence-corrected chi connectivity index (χ3v) is 8.10. The number of sulfonamides is 1. The van der Waals surface area contributed by atoms with Crippen LogP contribution in [0.25, 0.3) is 0 Å². The molecule has 2 aliphatic heterocycles. The van der Waals surface area contributed by atoms with Gasteiger partial charge in [-0.3, -0.25) is 0 Å². The summed E-state index contributed by atoms with van der Waals surface area (Å²) in [5.74, 6) is -0.183. The molecule has 0 aromatic rings. The van der Waals surface area contributed by atoms with E-state index in [9.17, 15) is 16.8 Å². The average Bonchev–Trinajstić information content (AvgIpc) is 2.60. The summed E-state index contributed by atoms with van der Waals surface area (Å²) in [6, 6.07) is 0.0112. The van der Waals surface area contributed by atoms with Crippen LogP contribution in [0.4, 0.5) is 0 Å². The topological polar surface area (TPSA) is 71.5 Å². The monoisotopic (exact) mass is 281 g/mol. The smallest absolute Gasteiger partial charge is 0.218 e. The van der Waals surface area contributed by atoms with Crippen molar-refractivity contribution in [2.24, 2.45) is 0 Å². The van der Waals surface area contributed by atoms with Gasteiger partial charge in [-0.25, -0.2) is 16.8 Å². The molecule has 0 spiro atoms. The van der Waals surface area contributed by atoms with Gasteiger partial charge < -0.3 is 0 Å². The van der Waals surface area contributed by atoms with E-state index in [0.29, 0.717) is 6.54 Å². The van der Waals surface area contributed by atoms with Crippen molar-refractivity contribution < 1.29 is 16.8 Å². The first kappa shape index (κ1) is 13.3. The molecule has 0 saturated carbocycles. The lowest BCUT2D eigenvalue weighted by molar-refractivity contribution is 0.266. The molecule has 2 heterocycles. The van der Waals surface area contributed by atoms with Crippen LogP contribution in [0.2, 0.25) is 0 Å². The maximum absolute atomic E-state index is 12.3. The third-order valence-electron chi connectivity index (χ3n) is 3.68.